The van der Waals surface area contributed by atoms with Gasteiger partial charge in [0.1, 0.15) is 5.82 Å². The van der Waals surface area contributed by atoms with Crippen molar-refractivity contribution >= 4 is 5.91 Å². The highest BCUT2D eigenvalue weighted by atomic mass is 19.1. The lowest BCUT2D eigenvalue weighted by atomic mass is 9.95. The molecule has 2 aliphatic rings. The zero-order valence-corrected chi connectivity index (χ0v) is 13.5. The first-order valence-corrected chi connectivity index (χ1v) is 8.55. The van der Waals surface area contributed by atoms with Gasteiger partial charge in [0, 0.05) is 26.2 Å². The predicted octanol–water partition coefficient (Wildman–Crippen LogP) is 2.02. The molecular formula is C18H25FN2O2. The molecule has 0 bridgehead atoms. The second-order valence-electron chi connectivity index (χ2n) is 6.76. The maximum absolute atomic E-state index is 13.3. The van der Waals surface area contributed by atoms with Gasteiger partial charge in [0.25, 0.3) is 0 Å². The molecule has 1 N–H and O–H groups in total. The van der Waals surface area contributed by atoms with E-state index < -0.39 is 0 Å². The molecule has 126 valence electrons. The van der Waals surface area contributed by atoms with E-state index >= 15 is 0 Å². The Kier molecular flexibility index (Phi) is 5.28. The Hall–Kier alpha value is -1.46. The fourth-order valence-electron chi connectivity index (χ4n) is 3.64. The summed E-state index contributed by atoms with van der Waals surface area (Å²) in [7, 11) is 0. The van der Waals surface area contributed by atoms with Gasteiger partial charge in [-0.2, -0.15) is 0 Å². The average Bonchev–Trinajstić information content (AvgIpc) is 2.55. The van der Waals surface area contributed by atoms with E-state index in [1.54, 1.807) is 12.1 Å². The maximum atomic E-state index is 13.3. The molecule has 2 fully saturated rings. The van der Waals surface area contributed by atoms with Crippen LogP contribution in [0.15, 0.2) is 24.3 Å². The summed E-state index contributed by atoms with van der Waals surface area (Å²) in [6.07, 6.45) is 3.05. The third kappa shape index (κ3) is 4.30. The van der Waals surface area contributed by atoms with Gasteiger partial charge in [-0.1, -0.05) is 12.1 Å². The molecule has 0 aliphatic carbocycles. The zero-order chi connectivity index (χ0) is 16.2. The first-order chi connectivity index (χ1) is 11.1. The third-order valence-electron chi connectivity index (χ3n) is 4.93. The first-order valence-electron chi connectivity index (χ1n) is 8.55. The third-order valence-corrected chi connectivity index (χ3v) is 4.93. The van der Waals surface area contributed by atoms with Gasteiger partial charge in [-0.15, -0.1) is 0 Å². The Morgan fingerprint density at radius 3 is 2.74 bits per heavy atom. The van der Waals surface area contributed by atoms with Crippen LogP contribution in [0.2, 0.25) is 0 Å². The SMILES string of the molecule is O=C(C1CCCN(Cc2cccc(F)c2)C1)N1CCC(O)CC1. The number of hydrogen-bond donors (Lipinski definition) is 1. The lowest BCUT2D eigenvalue weighted by molar-refractivity contribution is -0.139. The molecule has 4 nitrogen and oxygen atoms in total. The van der Waals surface area contributed by atoms with E-state index in [1.165, 1.54) is 6.07 Å². The van der Waals surface area contributed by atoms with Crippen LogP contribution < -0.4 is 0 Å². The number of likely N-dealkylation sites (tertiary alicyclic amines) is 2. The van der Waals surface area contributed by atoms with Crippen LogP contribution in [0.1, 0.15) is 31.2 Å². The van der Waals surface area contributed by atoms with E-state index in [4.69, 9.17) is 0 Å². The van der Waals surface area contributed by atoms with Crippen LogP contribution in [-0.4, -0.2) is 53.1 Å². The van der Waals surface area contributed by atoms with Crippen LogP contribution in [0, 0.1) is 11.7 Å². The second-order valence-corrected chi connectivity index (χ2v) is 6.76. The molecule has 0 saturated carbocycles. The minimum absolute atomic E-state index is 0.0348. The molecule has 0 aromatic heterocycles. The van der Waals surface area contributed by atoms with Gasteiger partial charge < -0.3 is 10.0 Å². The summed E-state index contributed by atoms with van der Waals surface area (Å²) in [6.45, 7) is 3.73. The van der Waals surface area contributed by atoms with Crippen molar-refractivity contribution in [3.05, 3.63) is 35.6 Å². The largest absolute Gasteiger partial charge is 0.393 e. The number of carbonyl (C=O) groups excluding carboxylic acids is 1. The molecule has 0 spiro atoms. The van der Waals surface area contributed by atoms with E-state index in [0.29, 0.717) is 32.5 Å². The molecule has 0 radical (unpaired) electrons. The molecule has 1 atom stereocenters. The first kappa shape index (κ1) is 16.4. The van der Waals surface area contributed by atoms with Crippen molar-refractivity contribution in [2.24, 2.45) is 5.92 Å². The number of benzene rings is 1. The van der Waals surface area contributed by atoms with Crippen molar-refractivity contribution in [2.45, 2.75) is 38.3 Å². The number of rotatable bonds is 3. The van der Waals surface area contributed by atoms with Crippen LogP contribution in [0.5, 0.6) is 0 Å². The lowest BCUT2D eigenvalue weighted by Crippen LogP contribution is -2.47. The number of aliphatic hydroxyl groups excluding tert-OH is 1. The molecule has 1 aromatic rings. The normalized spacial score (nSPS) is 23.9. The highest BCUT2D eigenvalue weighted by Crippen LogP contribution is 2.22. The van der Waals surface area contributed by atoms with Crippen molar-refractivity contribution in [1.82, 2.24) is 9.80 Å². The summed E-state index contributed by atoms with van der Waals surface area (Å²) in [5.41, 5.74) is 0.958. The molecule has 3 rings (SSSR count). The number of nitrogens with zero attached hydrogens (tertiary/aromatic N) is 2. The topological polar surface area (TPSA) is 43.8 Å². The van der Waals surface area contributed by atoms with Crippen LogP contribution in [0.3, 0.4) is 0 Å². The Balaban J connectivity index is 1.56. The molecule has 2 heterocycles. The van der Waals surface area contributed by atoms with Gasteiger partial charge in [0.05, 0.1) is 12.0 Å². The highest BCUT2D eigenvalue weighted by molar-refractivity contribution is 5.79. The van der Waals surface area contributed by atoms with E-state index in [1.807, 2.05) is 11.0 Å². The summed E-state index contributed by atoms with van der Waals surface area (Å²) in [5, 5.41) is 9.57. The second kappa shape index (κ2) is 7.41. The molecule has 5 heteroatoms. The monoisotopic (exact) mass is 320 g/mol. The molecule has 1 unspecified atom stereocenters. The molecule has 2 aliphatic heterocycles. The molecule has 1 amide bonds. The van der Waals surface area contributed by atoms with Crippen molar-refractivity contribution in [3.8, 4) is 0 Å². The van der Waals surface area contributed by atoms with Crippen LogP contribution in [-0.2, 0) is 11.3 Å². The van der Waals surface area contributed by atoms with E-state index in [-0.39, 0.29) is 23.7 Å². The minimum Gasteiger partial charge on any atom is -0.393 e. The standard InChI is InChI=1S/C18H25FN2O2/c19-16-5-1-3-14(11-16)12-20-8-2-4-15(13-20)18(23)21-9-6-17(22)7-10-21/h1,3,5,11,15,17,22H,2,4,6-10,12-13H2. The van der Waals surface area contributed by atoms with Gasteiger partial charge in [-0.25, -0.2) is 4.39 Å². The number of hydrogen-bond acceptors (Lipinski definition) is 3. The lowest BCUT2D eigenvalue weighted by Gasteiger charge is -2.37. The van der Waals surface area contributed by atoms with Crippen LogP contribution in [0.25, 0.3) is 0 Å². The fourth-order valence-corrected chi connectivity index (χ4v) is 3.64. The Labute approximate surface area is 136 Å². The van der Waals surface area contributed by atoms with Gasteiger partial charge in [-0.05, 0) is 49.9 Å². The smallest absolute Gasteiger partial charge is 0.226 e. The Morgan fingerprint density at radius 2 is 2.00 bits per heavy atom. The number of amides is 1. The average molecular weight is 320 g/mol. The quantitative estimate of drug-likeness (QED) is 0.927. The molecule has 23 heavy (non-hydrogen) atoms. The molecular weight excluding hydrogens is 295 g/mol. The summed E-state index contributed by atoms with van der Waals surface area (Å²) in [4.78, 5) is 16.8. The Morgan fingerprint density at radius 1 is 1.22 bits per heavy atom. The summed E-state index contributed by atoms with van der Waals surface area (Å²) in [6, 6.07) is 6.69. The van der Waals surface area contributed by atoms with Gasteiger partial charge in [0.15, 0.2) is 0 Å². The number of piperidine rings is 2. The Bertz CT molecular complexity index is 544. The van der Waals surface area contributed by atoms with Gasteiger partial charge in [0.2, 0.25) is 5.91 Å². The molecule has 2 saturated heterocycles. The van der Waals surface area contributed by atoms with Crippen molar-refractivity contribution < 1.29 is 14.3 Å². The van der Waals surface area contributed by atoms with Crippen molar-refractivity contribution in [3.63, 3.8) is 0 Å². The summed E-state index contributed by atoms with van der Waals surface area (Å²) in [5.74, 6) is 0.0485. The predicted molar refractivity (Wildman–Crippen MR) is 86.2 cm³/mol. The summed E-state index contributed by atoms with van der Waals surface area (Å²) >= 11 is 0. The van der Waals surface area contributed by atoms with E-state index in [9.17, 15) is 14.3 Å². The van der Waals surface area contributed by atoms with Gasteiger partial charge in [-0.3, -0.25) is 9.69 Å². The zero-order valence-electron chi connectivity index (χ0n) is 13.5. The van der Waals surface area contributed by atoms with Crippen molar-refractivity contribution in [2.75, 3.05) is 26.2 Å². The minimum atomic E-state index is -0.255. The molecule has 1 aromatic carbocycles. The summed E-state index contributed by atoms with van der Waals surface area (Å²) < 4.78 is 13.3. The van der Waals surface area contributed by atoms with E-state index in [0.717, 1.165) is 31.5 Å². The van der Waals surface area contributed by atoms with Crippen molar-refractivity contribution in [1.29, 1.82) is 0 Å². The number of carbonyl (C=O) groups is 1. The van der Waals surface area contributed by atoms with E-state index in [2.05, 4.69) is 4.90 Å². The number of halogens is 1. The highest BCUT2D eigenvalue weighted by Gasteiger charge is 2.31. The number of aliphatic hydroxyl groups is 1. The van der Waals surface area contributed by atoms with Crippen LogP contribution in [0.4, 0.5) is 4.39 Å². The fraction of sp³-hybridized carbons (Fsp3) is 0.611. The van der Waals surface area contributed by atoms with Gasteiger partial charge >= 0.3 is 0 Å². The van der Waals surface area contributed by atoms with Crippen LogP contribution >= 0.6 is 0 Å². The maximum Gasteiger partial charge on any atom is 0.226 e.